The molecule has 138 valence electrons. The third-order valence-electron chi connectivity index (χ3n) is 4.76. The highest BCUT2D eigenvalue weighted by molar-refractivity contribution is 7.13. The molecule has 0 atom stereocenters. The fourth-order valence-corrected chi connectivity index (χ4v) is 3.82. The second-order valence-electron chi connectivity index (χ2n) is 6.73. The van der Waals surface area contributed by atoms with Gasteiger partial charge in [-0.3, -0.25) is 4.79 Å². The van der Waals surface area contributed by atoms with Crippen molar-refractivity contribution in [1.29, 1.82) is 0 Å². The summed E-state index contributed by atoms with van der Waals surface area (Å²) >= 11 is 1.67. The summed E-state index contributed by atoms with van der Waals surface area (Å²) < 4.78 is 11.6. The van der Waals surface area contributed by atoms with Crippen molar-refractivity contribution < 1.29 is 14.3 Å². The van der Waals surface area contributed by atoms with Gasteiger partial charge in [0.1, 0.15) is 6.10 Å². The second-order valence-corrected chi connectivity index (χ2v) is 7.61. The Bertz CT molecular complexity index is 753. The average Bonchev–Trinajstić information content (AvgIpc) is 3.31. The van der Waals surface area contributed by atoms with Crippen LogP contribution in [0.4, 0.5) is 5.13 Å². The van der Waals surface area contributed by atoms with Crippen molar-refractivity contribution >= 4 is 22.4 Å². The normalized spacial score (nSPS) is 17.8. The van der Waals surface area contributed by atoms with E-state index in [2.05, 4.69) is 15.2 Å². The number of amides is 1. The first-order chi connectivity index (χ1) is 12.7. The van der Waals surface area contributed by atoms with Gasteiger partial charge in [0.15, 0.2) is 16.6 Å². The summed E-state index contributed by atoms with van der Waals surface area (Å²) in [5, 5.41) is 6.08. The number of hydrogen-bond donors (Lipinski definition) is 1. The number of carbonyl (C=O) groups excluding carboxylic acids is 1. The van der Waals surface area contributed by atoms with Gasteiger partial charge in [-0.25, -0.2) is 4.98 Å². The van der Waals surface area contributed by atoms with E-state index in [1.165, 1.54) is 0 Å². The van der Waals surface area contributed by atoms with Crippen LogP contribution in [0.5, 0.6) is 11.5 Å². The molecule has 0 bridgehead atoms. The van der Waals surface area contributed by atoms with Crippen LogP contribution in [0.15, 0.2) is 29.8 Å². The van der Waals surface area contributed by atoms with Gasteiger partial charge in [0.25, 0.3) is 5.91 Å². The standard InChI is InChI=1S/C19H23N3O3S/c1-24-16-5-2-13(18(23)21-14-3-4-14)12-17(16)25-15-6-9-22(10-7-15)19-20-8-11-26-19/h2,5,8,11-12,14-15H,3-4,6-7,9-10H2,1H3,(H,21,23). The smallest absolute Gasteiger partial charge is 0.251 e. The number of carbonyl (C=O) groups is 1. The number of hydrogen-bond acceptors (Lipinski definition) is 6. The number of nitrogens with one attached hydrogen (secondary N) is 1. The number of methoxy groups -OCH3 is 1. The topological polar surface area (TPSA) is 63.7 Å². The molecule has 1 aliphatic carbocycles. The van der Waals surface area contributed by atoms with E-state index in [0.29, 0.717) is 23.1 Å². The van der Waals surface area contributed by atoms with Crippen molar-refractivity contribution in [3.05, 3.63) is 35.3 Å². The van der Waals surface area contributed by atoms with Crippen LogP contribution >= 0.6 is 11.3 Å². The van der Waals surface area contributed by atoms with E-state index >= 15 is 0 Å². The van der Waals surface area contributed by atoms with E-state index in [1.807, 2.05) is 17.6 Å². The lowest BCUT2D eigenvalue weighted by molar-refractivity contribution is 0.0949. The van der Waals surface area contributed by atoms with Gasteiger partial charge in [-0.1, -0.05) is 0 Å². The first kappa shape index (κ1) is 17.1. The maximum Gasteiger partial charge on any atom is 0.251 e. The molecule has 2 aromatic rings. The SMILES string of the molecule is COc1ccc(C(=O)NC2CC2)cc1OC1CCN(c2nccs2)CC1. The van der Waals surface area contributed by atoms with Gasteiger partial charge < -0.3 is 19.7 Å². The highest BCUT2D eigenvalue weighted by atomic mass is 32.1. The number of benzene rings is 1. The number of aromatic nitrogens is 1. The van der Waals surface area contributed by atoms with E-state index in [4.69, 9.17) is 9.47 Å². The molecule has 2 fully saturated rings. The number of piperidine rings is 1. The first-order valence-corrected chi connectivity index (χ1v) is 9.91. The number of ether oxygens (including phenoxy) is 2. The molecule has 1 aromatic carbocycles. The summed E-state index contributed by atoms with van der Waals surface area (Å²) in [6.07, 6.45) is 5.93. The summed E-state index contributed by atoms with van der Waals surface area (Å²) in [6.45, 7) is 1.84. The minimum atomic E-state index is -0.0430. The van der Waals surface area contributed by atoms with Crippen LogP contribution in [0.1, 0.15) is 36.0 Å². The summed E-state index contributed by atoms with van der Waals surface area (Å²) in [4.78, 5) is 19.0. The molecule has 1 amide bonds. The van der Waals surface area contributed by atoms with Gasteiger partial charge in [0.2, 0.25) is 0 Å². The van der Waals surface area contributed by atoms with Gasteiger partial charge in [-0.2, -0.15) is 0 Å². The monoisotopic (exact) mass is 373 g/mol. The van der Waals surface area contributed by atoms with Crippen LogP contribution in [0.25, 0.3) is 0 Å². The predicted molar refractivity (Wildman–Crippen MR) is 101 cm³/mol. The molecule has 4 rings (SSSR count). The van der Waals surface area contributed by atoms with E-state index in [0.717, 1.165) is 43.9 Å². The molecule has 0 radical (unpaired) electrons. The predicted octanol–water partition coefficient (Wildman–Crippen LogP) is 3.09. The van der Waals surface area contributed by atoms with Crippen LogP contribution in [0, 0.1) is 0 Å². The molecular formula is C19H23N3O3S. The Morgan fingerprint density at radius 3 is 2.69 bits per heavy atom. The van der Waals surface area contributed by atoms with Gasteiger partial charge >= 0.3 is 0 Å². The molecule has 1 saturated heterocycles. The quantitative estimate of drug-likeness (QED) is 0.843. The second kappa shape index (κ2) is 7.53. The Morgan fingerprint density at radius 1 is 1.23 bits per heavy atom. The highest BCUT2D eigenvalue weighted by Crippen LogP contribution is 2.32. The van der Waals surface area contributed by atoms with Crippen LogP contribution in [0.3, 0.4) is 0 Å². The van der Waals surface area contributed by atoms with Crippen molar-refractivity contribution in [3.63, 3.8) is 0 Å². The third kappa shape index (κ3) is 3.93. The molecule has 1 N–H and O–H groups in total. The number of nitrogens with zero attached hydrogens (tertiary/aromatic N) is 2. The summed E-state index contributed by atoms with van der Waals surface area (Å²) in [5.41, 5.74) is 0.618. The molecule has 2 aliphatic rings. The maximum atomic E-state index is 12.3. The fourth-order valence-electron chi connectivity index (χ4n) is 3.12. The minimum Gasteiger partial charge on any atom is -0.493 e. The summed E-state index contributed by atoms with van der Waals surface area (Å²) in [6, 6.07) is 5.73. The number of rotatable bonds is 6. The van der Waals surface area contributed by atoms with Crippen molar-refractivity contribution in [1.82, 2.24) is 10.3 Å². The summed E-state index contributed by atoms with van der Waals surface area (Å²) in [7, 11) is 1.62. The molecular weight excluding hydrogens is 350 g/mol. The molecule has 1 saturated carbocycles. The van der Waals surface area contributed by atoms with E-state index in [9.17, 15) is 4.79 Å². The zero-order chi connectivity index (χ0) is 17.9. The van der Waals surface area contributed by atoms with Crippen LogP contribution in [0.2, 0.25) is 0 Å². The molecule has 6 nitrogen and oxygen atoms in total. The van der Waals surface area contributed by atoms with Crippen molar-refractivity contribution in [3.8, 4) is 11.5 Å². The number of thiazole rings is 1. The van der Waals surface area contributed by atoms with Gasteiger partial charge in [0.05, 0.1) is 7.11 Å². The number of anilines is 1. The Labute approximate surface area is 157 Å². The Balaban J connectivity index is 1.41. The Morgan fingerprint density at radius 2 is 2.04 bits per heavy atom. The van der Waals surface area contributed by atoms with E-state index < -0.39 is 0 Å². The van der Waals surface area contributed by atoms with Crippen molar-refractivity contribution in [2.24, 2.45) is 0 Å². The lowest BCUT2D eigenvalue weighted by Crippen LogP contribution is -2.38. The van der Waals surface area contributed by atoms with Crippen LogP contribution < -0.4 is 19.7 Å². The molecule has 1 aliphatic heterocycles. The minimum absolute atomic E-state index is 0.0430. The van der Waals surface area contributed by atoms with Crippen LogP contribution in [-0.4, -0.2) is 43.2 Å². The van der Waals surface area contributed by atoms with Crippen molar-refractivity contribution in [2.45, 2.75) is 37.8 Å². The molecule has 0 spiro atoms. The Kier molecular flexibility index (Phi) is 4.97. The average molecular weight is 373 g/mol. The first-order valence-electron chi connectivity index (χ1n) is 9.03. The maximum absolute atomic E-state index is 12.3. The Hall–Kier alpha value is -2.28. The van der Waals surface area contributed by atoms with Gasteiger partial charge in [0, 0.05) is 49.1 Å². The highest BCUT2D eigenvalue weighted by Gasteiger charge is 2.26. The van der Waals surface area contributed by atoms with Gasteiger partial charge in [-0.05, 0) is 31.0 Å². The zero-order valence-corrected chi connectivity index (χ0v) is 15.6. The lowest BCUT2D eigenvalue weighted by atomic mass is 10.1. The van der Waals surface area contributed by atoms with E-state index in [1.54, 1.807) is 30.6 Å². The van der Waals surface area contributed by atoms with Crippen LogP contribution in [-0.2, 0) is 0 Å². The molecule has 1 aromatic heterocycles. The molecule has 7 heteroatoms. The molecule has 2 heterocycles. The third-order valence-corrected chi connectivity index (χ3v) is 5.60. The van der Waals surface area contributed by atoms with E-state index in [-0.39, 0.29) is 12.0 Å². The zero-order valence-electron chi connectivity index (χ0n) is 14.8. The molecule has 26 heavy (non-hydrogen) atoms. The molecule has 0 unspecified atom stereocenters. The fraction of sp³-hybridized carbons (Fsp3) is 0.474. The largest absolute Gasteiger partial charge is 0.493 e. The summed E-state index contributed by atoms with van der Waals surface area (Å²) in [5.74, 6) is 1.26. The lowest BCUT2D eigenvalue weighted by Gasteiger charge is -2.32. The van der Waals surface area contributed by atoms with Gasteiger partial charge in [-0.15, -0.1) is 11.3 Å². The van der Waals surface area contributed by atoms with Crippen molar-refractivity contribution in [2.75, 3.05) is 25.1 Å².